The molecule has 0 unspecified atom stereocenters. The molecule has 1 saturated carbocycles. The summed E-state index contributed by atoms with van der Waals surface area (Å²) in [5.41, 5.74) is 0.00132. The lowest BCUT2D eigenvalue weighted by Crippen LogP contribution is -2.32. The zero-order chi connectivity index (χ0) is 12.5. The molecule has 0 aliphatic heterocycles. The van der Waals surface area contributed by atoms with Crippen molar-refractivity contribution >= 4 is 22.0 Å². The molecule has 5 heteroatoms. The largest absolute Gasteiger partial charge is 0.504 e. The van der Waals surface area contributed by atoms with E-state index >= 15 is 0 Å². The Bertz CT molecular complexity index is 491. The molecule has 0 bridgehead atoms. The maximum absolute atomic E-state index is 10.5. The van der Waals surface area contributed by atoms with Gasteiger partial charge in [0, 0.05) is 10.0 Å². The summed E-state index contributed by atoms with van der Waals surface area (Å²) in [6, 6.07) is 3.45. The van der Waals surface area contributed by atoms with Gasteiger partial charge in [0.05, 0.1) is 7.11 Å². The molecule has 2 rings (SSSR count). The average molecular weight is 298 g/mol. The number of phenolic OH excluding ortho intramolecular Hbond substituents is 1. The number of phenols is 1. The van der Waals surface area contributed by atoms with Crippen molar-refractivity contribution in [3.05, 3.63) is 22.2 Å². The molecule has 1 aromatic rings. The van der Waals surface area contributed by atoms with Crippen LogP contribution in [0.5, 0.6) is 11.5 Å². The van der Waals surface area contributed by atoms with Gasteiger partial charge in [0.2, 0.25) is 6.08 Å². The van der Waals surface area contributed by atoms with Crippen LogP contribution in [0, 0.1) is 0 Å². The van der Waals surface area contributed by atoms with Gasteiger partial charge >= 0.3 is 0 Å². The first kappa shape index (κ1) is 12.1. The second-order valence-corrected chi connectivity index (χ2v) is 5.01. The van der Waals surface area contributed by atoms with Gasteiger partial charge in [0.25, 0.3) is 0 Å². The van der Waals surface area contributed by atoms with Gasteiger partial charge in [-0.1, -0.05) is 15.9 Å². The second kappa shape index (κ2) is 4.51. The molecular weight excluding hydrogens is 286 g/mol. The van der Waals surface area contributed by atoms with Crippen molar-refractivity contribution in [1.82, 2.24) is 0 Å². The summed E-state index contributed by atoms with van der Waals surface area (Å²) in [7, 11) is 1.49. The van der Waals surface area contributed by atoms with Crippen LogP contribution in [-0.2, 0) is 10.3 Å². The molecule has 1 aliphatic rings. The van der Waals surface area contributed by atoms with Crippen LogP contribution in [-0.4, -0.2) is 18.3 Å². The van der Waals surface area contributed by atoms with E-state index in [1.165, 1.54) is 7.11 Å². The van der Waals surface area contributed by atoms with Crippen molar-refractivity contribution in [2.45, 2.75) is 24.8 Å². The highest BCUT2D eigenvalue weighted by atomic mass is 79.9. The minimum absolute atomic E-state index is 0.0504. The molecule has 1 aromatic carbocycles. The van der Waals surface area contributed by atoms with E-state index < -0.39 is 5.54 Å². The van der Waals surface area contributed by atoms with Gasteiger partial charge in [0.1, 0.15) is 5.54 Å². The van der Waals surface area contributed by atoms with Gasteiger partial charge in [-0.05, 0) is 31.4 Å². The molecule has 0 amide bonds. The van der Waals surface area contributed by atoms with Gasteiger partial charge in [-0.3, -0.25) is 0 Å². The van der Waals surface area contributed by atoms with Crippen molar-refractivity contribution in [3.63, 3.8) is 0 Å². The maximum atomic E-state index is 10.5. The van der Waals surface area contributed by atoms with E-state index in [1.54, 1.807) is 18.2 Å². The topological polar surface area (TPSA) is 58.9 Å². The molecule has 17 heavy (non-hydrogen) atoms. The predicted molar refractivity (Wildman–Crippen MR) is 66.0 cm³/mol. The molecule has 0 atom stereocenters. The Hall–Kier alpha value is -1.32. The van der Waals surface area contributed by atoms with Crippen LogP contribution in [0.25, 0.3) is 0 Å². The minimum Gasteiger partial charge on any atom is -0.504 e. The number of ether oxygens (including phenoxy) is 1. The molecular formula is C12H12BrNO3. The Morgan fingerprint density at radius 3 is 2.71 bits per heavy atom. The fourth-order valence-electron chi connectivity index (χ4n) is 2.12. The van der Waals surface area contributed by atoms with Crippen molar-refractivity contribution in [2.75, 3.05) is 7.11 Å². The van der Waals surface area contributed by atoms with Crippen LogP contribution in [0.4, 0.5) is 0 Å². The summed E-state index contributed by atoms with van der Waals surface area (Å²) in [5.74, 6) is 0.427. The zero-order valence-corrected chi connectivity index (χ0v) is 11.0. The standard InChI is InChI=1S/C12H12BrNO3/c1-17-10-6-8(13)5-9(11(10)16)12(14-7-15)3-2-4-12/h5-6,16H,2-4H2,1H3. The fourth-order valence-corrected chi connectivity index (χ4v) is 2.56. The Balaban J connectivity index is 2.58. The molecule has 4 nitrogen and oxygen atoms in total. The van der Waals surface area contributed by atoms with Crippen LogP contribution in [0.15, 0.2) is 21.6 Å². The van der Waals surface area contributed by atoms with E-state index in [2.05, 4.69) is 20.9 Å². The summed E-state index contributed by atoms with van der Waals surface area (Å²) in [6.45, 7) is 0. The number of isocyanates is 1. The second-order valence-electron chi connectivity index (χ2n) is 4.09. The van der Waals surface area contributed by atoms with Crippen molar-refractivity contribution in [2.24, 2.45) is 4.99 Å². The third-order valence-electron chi connectivity index (χ3n) is 3.20. The lowest BCUT2D eigenvalue weighted by molar-refractivity contribution is 0.244. The maximum Gasteiger partial charge on any atom is 0.235 e. The highest BCUT2D eigenvalue weighted by Crippen LogP contribution is 2.50. The number of aromatic hydroxyl groups is 1. The number of halogens is 1. The number of methoxy groups -OCH3 is 1. The first-order valence-electron chi connectivity index (χ1n) is 5.29. The molecule has 90 valence electrons. The highest BCUT2D eigenvalue weighted by molar-refractivity contribution is 9.10. The van der Waals surface area contributed by atoms with Gasteiger partial charge in [-0.15, -0.1) is 0 Å². The van der Waals surface area contributed by atoms with Gasteiger partial charge in [-0.25, -0.2) is 4.79 Å². The Morgan fingerprint density at radius 2 is 2.24 bits per heavy atom. The Labute approximate surface area is 107 Å². The van der Waals surface area contributed by atoms with Crippen molar-refractivity contribution < 1.29 is 14.6 Å². The average Bonchev–Trinajstić information content (AvgIpc) is 2.26. The van der Waals surface area contributed by atoms with Crippen LogP contribution < -0.4 is 4.74 Å². The SMILES string of the molecule is COc1cc(Br)cc(C2(N=C=O)CCC2)c1O. The van der Waals surface area contributed by atoms with Crippen LogP contribution in [0.3, 0.4) is 0 Å². The molecule has 0 radical (unpaired) electrons. The third kappa shape index (κ3) is 1.96. The van der Waals surface area contributed by atoms with E-state index in [0.717, 1.165) is 23.7 Å². The van der Waals surface area contributed by atoms with Crippen LogP contribution >= 0.6 is 15.9 Å². The Kier molecular flexibility index (Phi) is 3.22. The number of aliphatic imine (C=N–C) groups is 1. The van der Waals surface area contributed by atoms with E-state index in [1.807, 2.05) is 0 Å². The van der Waals surface area contributed by atoms with E-state index in [-0.39, 0.29) is 5.75 Å². The number of carbonyl (C=O) groups excluding carboxylic acids is 1. The summed E-state index contributed by atoms with van der Waals surface area (Å²) < 4.78 is 5.87. The van der Waals surface area contributed by atoms with Gasteiger partial charge in [-0.2, -0.15) is 4.99 Å². The zero-order valence-electron chi connectivity index (χ0n) is 9.36. The molecule has 1 aliphatic carbocycles. The minimum atomic E-state index is -0.622. The third-order valence-corrected chi connectivity index (χ3v) is 3.66. The lowest BCUT2D eigenvalue weighted by Gasteiger charge is -2.37. The molecule has 0 saturated heterocycles. The summed E-state index contributed by atoms with van der Waals surface area (Å²) in [4.78, 5) is 14.4. The van der Waals surface area contributed by atoms with Gasteiger partial charge in [0.15, 0.2) is 11.5 Å². The van der Waals surface area contributed by atoms with Crippen molar-refractivity contribution in [3.8, 4) is 11.5 Å². The highest BCUT2D eigenvalue weighted by Gasteiger charge is 2.41. The molecule has 0 heterocycles. The first-order chi connectivity index (χ1) is 8.13. The Morgan fingerprint density at radius 1 is 1.53 bits per heavy atom. The summed E-state index contributed by atoms with van der Waals surface area (Å²) in [6.07, 6.45) is 4.08. The molecule has 1 fully saturated rings. The van der Waals surface area contributed by atoms with Crippen LogP contribution in [0.2, 0.25) is 0 Å². The number of benzene rings is 1. The number of hydrogen-bond donors (Lipinski definition) is 1. The molecule has 1 N–H and O–H groups in total. The fraction of sp³-hybridized carbons (Fsp3) is 0.417. The summed E-state index contributed by atoms with van der Waals surface area (Å²) in [5, 5.41) is 10.1. The predicted octanol–water partition coefficient (Wildman–Crippen LogP) is 2.88. The van der Waals surface area contributed by atoms with Crippen molar-refractivity contribution in [1.29, 1.82) is 0 Å². The monoisotopic (exact) mass is 297 g/mol. The number of hydrogen-bond acceptors (Lipinski definition) is 4. The first-order valence-corrected chi connectivity index (χ1v) is 6.08. The number of nitrogens with zero attached hydrogens (tertiary/aromatic N) is 1. The number of rotatable bonds is 3. The lowest BCUT2D eigenvalue weighted by atomic mass is 9.72. The van der Waals surface area contributed by atoms with Crippen LogP contribution in [0.1, 0.15) is 24.8 Å². The smallest absolute Gasteiger partial charge is 0.235 e. The van der Waals surface area contributed by atoms with Gasteiger partial charge < -0.3 is 9.84 Å². The quantitative estimate of drug-likeness (QED) is 0.689. The van der Waals surface area contributed by atoms with E-state index in [4.69, 9.17) is 4.74 Å². The normalized spacial score (nSPS) is 16.8. The van der Waals surface area contributed by atoms with E-state index in [9.17, 15) is 9.90 Å². The molecule has 0 spiro atoms. The summed E-state index contributed by atoms with van der Waals surface area (Å²) >= 11 is 3.35. The van der Waals surface area contributed by atoms with E-state index in [0.29, 0.717) is 11.3 Å². The molecule has 0 aromatic heterocycles.